The molecular weight excluding hydrogens is 562 g/mol. The molecule has 14 nitrogen and oxygen atoms in total. The number of nitrogens with zero attached hydrogens (tertiary/aromatic N) is 5. The summed E-state index contributed by atoms with van der Waals surface area (Å²) in [7, 11) is -3.55. The first-order valence-electron chi connectivity index (χ1n) is 12.6. The third-order valence-corrected chi connectivity index (χ3v) is 9.11. The molecule has 3 aromatic rings. The molecule has 0 bridgehead atoms. The average molecular weight is 590 g/mol. The van der Waals surface area contributed by atoms with E-state index in [1.54, 1.807) is 29.2 Å². The number of thiazole rings is 1. The summed E-state index contributed by atoms with van der Waals surface area (Å²) in [4.78, 5) is 40.7. The highest BCUT2D eigenvalue weighted by atomic mass is 32.2. The first kappa shape index (κ1) is 27.8. The Kier molecular flexibility index (Phi) is 8.20. The van der Waals surface area contributed by atoms with Gasteiger partial charge in [0.15, 0.2) is 12.2 Å². The summed E-state index contributed by atoms with van der Waals surface area (Å²) in [5, 5.41) is 24.1. The van der Waals surface area contributed by atoms with Crippen molar-refractivity contribution in [1.29, 1.82) is 0 Å². The lowest BCUT2D eigenvalue weighted by atomic mass is 10.1. The quantitative estimate of drug-likeness (QED) is 0.259. The number of piperidine rings is 1. The molecule has 4 heterocycles. The molecule has 16 heteroatoms. The predicted octanol–water partition coefficient (Wildman–Crippen LogP) is 0.0941. The molecule has 0 aliphatic carbocycles. The Balaban J connectivity index is 1.20. The smallest absolute Gasteiger partial charge is 0.336 e. The van der Waals surface area contributed by atoms with Crippen molar-refractivity contribution in [2.45, 2.75) is 55.4 Å². The van der Waals surface area contributed by atoms with E-state index in [4.69, 9.17) is 9.84 Å². The van der Waals surface area contributed by atoms with Gasteiger partial charge in [0, 0.05) is 24.9 Å². The van der Waals surface area contributed by atoms with Crippen LogP contribution in [0, 0.1) is 0 Å². The van der Waals surface area contributed by atoms with Gasteiger partial charge < -0.3 is 20.5 Å². The van der Waals surface area contributed by atoms with Crippen molar-refractivity contribution in [3.63, 3.8) is 0 Å². The molecule has 0 radical (unpaired) electrons. The maximum atomic E-state index is 13.0. The highest BCUT2D eigenvalue weighted by Gasteiger charge is 2.51. The molecule has 2 fully saturated rings. The molecule has 0 spiro atoms. The van der Waals surface area contributed by atoms with E-state index in [1.807, 2.05) is 0 Å². The number of aliphatic carboxylic acids is 1. The van der Waals surface area contributed by atoms with Crippen LogP contribution in [0.1, 0.15) is 30.7 Å². The number of nitrogens with one attached hydrogen (secondary N) is 2. The Morgan fingerprint density at radius 2 is 1.85 bits per heavy atom. The molecule has 1 aromatic carbocycles. The van der Waals surface area contributed by atoms with Crippen LogP contribution in [0.3, 0.4) is 0 Å². The van der Waals surface area contributed by atoms with E-state index in [2.05, 4.69) is 25.9 Å². The number of carboxylic acid groups (broad SMARTS) is 1. The normalized spacial score (nSPS) is 20.0. The van der Waals surface area contributed by atoms with Crippen molar-refractivity contribution in [1.82, 2.24) is 34.9 Å². The summed E-state index contributed by atoms with van der Waals surface area (Å²) in [6.45, 7) is 1.04. The van der Waals surface area contributed by atoms with Gasteiger partial charge in [0.2, 0.25) is 15.9 Å². The van der Waals surface area contributed by atoms with Gasteiger partial charge in [0.1, 0.15) is 11.7 Å². The zero-order chi connectivity index (χ0) is 28.3. The van der Waals surface area contributed by atoms with Gasteiger partial charge in [-0.3, -0.25) is 9.59 Å². The predicted molar refractivity (Wildman–Crippen MR) is 140 cm³/mol. The van der Waals surface area contributed by atoms with E-state index < -0.39 is 46.1 Å². The lowest BCUT2D eigenvalue weighted by Crippen LogP contribution is -2.49. The third kappa shape index (κ3) is 6.35. The summed E-state index contributed by atoms with van der Waals surface area (Å²) < 4.78 is 33.6. The van der Waals surface area contributed by atoms with Gasteiger partial charge in [-0.2, -0.15) is 4.31 Å². The monoisotopic (exact) mass is 589 g/mol. The highest BCUT2D eigenvalue weighted by molar-refractivity contribution is 7.89. The van der Waals surface area contributed by atoms with Crippen LogP contribution >= 0.6 is 11.3 Å². The molecular formula is C24H27N7O7S2. The number of epoxide rings is 1. The van der Waals surface area contributed by atoms with Crippen LogP contribution in [0.2, 0.25) is 0 Å². The SMILES string of the molecule is O=C(NCc1cn(-c2ccc(S(=O)(=O)N3CCCCC3)cc2)nn1)C(Cc1cscn1)NC(=O)[C@H]1O[C@@H]1C(=O)O. The number of amides is 2. The Hall–Kier alpha value is -3.73. The Morgan fingerprint density at radius 1 is 1.10 bits per heavy atom. The van der Waals surface area contributed by atoms with E-state index in [0.29, 0.717) is 30.2 Å². The van der Waals surface area contributed by atoms with Gasteiger partial charge >= 0.3 is 5.97 Å². The van der Waals surface area contributed by atoms with Crippen LogP contribution in [-0.2, 0) is 42.1 Å². The van der Waals surface area contributed by atoms with Gasteiger partial charge in [-0.25, -0.2) is 22.9 Å². The van der Waals surface area contributed by atoms with Crippen LogP contribution < -0.4 is 10.6 Å². The molecule has 0 saturated carbocycles. The number of aromatic nitrogens is 4. The maximum absolute atomic E-state index is 13.0. The van der Waals surface area contributed by atoms with Crippen LogP contribution in [0.4, 0.5) is 0 Å². The summed E-state index contributed by atoms with van der Waals surface area (Å²) in [5.41, 5.74) is 3.21. The van der Waals surface area contributed by atoms with Crippen LogP contribution in [0.5, 0.6) is 0 Å². The fourth-order valence-electron chi connectivity index (χ4n) is 4.34. The topological polar surface area (TPSA) is 189 Å². The fourth-order valence-corrected chi connectivity index (χ4v) is 6.43. The lowest BCUT2D eigenvalue weighted by Gasteiger charge is -2.25. The van der Waals surface area contributed by atoms with E-state index in [0.717, 1.165) is 19.3 Å². The maximum Gasteiger partial charge on any atom is 0.336 e. The molecule has 3 N–H and O–H groups in total. The summed E-state index contributed by atoms with van der Waals surface area (Å²) in [6.07, 6.45) is 2.06. The number of carbonyl (C=O) groups excluding carboxylic acids is 2. The van der Waals surface area contributed by atoms with Crippen LogP contribution in [0.25, 0.3) is 5.69 Å². The Morgan fingerprint density at radius 3 is 2.50 bits per heavy atom. The number of hydrogen-bond acceptors (Lipinski definition) is 10. The Labute approximate surface area is 233 Å². The molecule has 2 aromatic heterocycles. The molecule has 3 atom stereocenters. The van der Waals surface area contributed by atoms with Gasteiger partial charge in [-0.15, -0.1) is 16.4 Å². The number of ether oxygens (including phenoxy) is 1. The van der Waals surface area contributed by atoms with Crippen molar-refractivity contribution in [3.8, 4) is 5.69 Å². The van der Waals surface area contributed by atoms with Crippen LogP contribution in [-0.4, -0.2) is 86.9 Å². The van der Waals surface area contributed by atoms with Gasteiger partial charge in [-0.1, -0.05) is 11.6 Å². The molecule has 40 heavy (non-hydrogen) atoms. The standard InChI is InChI=1S/C24H27N7O7S2/c32-22(19(10-15-13-39-14-26-15)27-23(33)20-21(38-20)24(34)35)25-11-16-12-31(29-28-16)17-4-6-18(7-5-17)40(36,37)30-8-2-1-3-9-30/h4-7,12-14,19-21H,1-3,8-11H2,(H,25,32)(H,27,33)(H,34,35)/t19?,20-,21-/m0/s1. The second-order valence-electron chi connectivity index (χ2n) is 9.39. The second kappa shape index (κ2) is 11.8. The van der Waals surface area contributed by atoms with E-state index in [-0.39, 0.29) is 17.9 Å². The van der Waals surface area contributed by atoms with Crippen molar-refractivity contribution < 1.29 is 32.6 Å². The first-order chi connectivity index (χ1) is 19.2. The van der Waals surface area contributed by atoms with Gasteiger partial charge in [-0.05, 0) is 37.1 Å². The molecule has 2 amide bonds. The fraction of sp³-hybridized carbons (Fsp3) is 0.417. The largest absolute Gasteiger partial charge is 0.479 e. The molecule has 2 aliphatic heterocycles. The molecule has 2 saturated heterocycles. The van der Waals surface area contributed by atoms with Crippen molar-refractivity contribution >= 4 is 39.1 Å². The highest BCUT2D eigenvalue weighted by Crippen LogP contribution is 2.23. The number of benzene rings is 1. The average Bonchev–Trinajstić information content (AvgIpc) is 3.35. The number of sulfonamides is 1. The minimum Gasteiger partial charge on any atom is -0.479 e. The van der Waals surface area contributed by atoms with Crippen molar-refractivity contribution in [2.75, 3.05) is 13.1 Å². The molecule has 2 aliphatic rings. The van der Waals surface area contributed by atoms with E-state index >= 15 is 0 Å². The molecule has 212 valence electrons. The van der Waals surface area contributed by atoms with Gasteiger partial charge in [0.05, 0.1) is 34.5 Å². The minimum absolute atomic E-state index is 0.00136. The zero-order valence-electron chi connectivity index (χ0n) is 21.2. The third-order valence-electron chi connectivity index (χ3n) is 6.56. The minimum atomic E-state index is -3.55. The van der Waals surface area contributed by atoms with Gasteiger partial charge in [0.25, 0.3) is 5.91 Å². The van der Waals surface area contributed by atoms with Crippen molar-refractivity contribution in [2.24, 2.45) is 0 Å². The summed E-state index contributed by atoms with van der Waals surface area (Å²) in [5.74, 6) is -2.46. The number of carbonyl (C=O) groups is 3. The number of hydrogen-bond donors (Lipinski definition) is 3. The Bertz CT molecular complexity index is 1470. The van der Waals surface area contributed by atoms with E-state index in [9.17, 15) is 22.8 Å². The number of carboxylic acids is 1. The summed E-state index contributed by atoms with van der Waals surface area (Å²) in [6, 6.07) is 5.33. The first-order valence-corrected chi connectivity index (χ1v) is 15.0. The van der Waals surface area contributed by atoms with Crippen molar-refractivity contribution in [3.05, 3.63) is 52.7 Å². The van der Waals surface area contributed by atoms with E-state index in [1.165, 1.54) is 32.5 Å². The molecule has 5 rings (SSSR count). The second-order valence-corrected chi connectivity index (χ2v) is 12.0. The number of rotatable bonds is 11. The summed E-state index contributed by atoms with van der Waals surface area (Å²) >= 11 is 1.34. The molecule has 1 unspecified atom stereocenters. The lowest BCUT2D eigenvalue weighted by molar-refractivity contribution is -0.138. The zero-order valence-corrected chi connectivity index (χ0v) is 22.8. The van der Waals surface area contributed by atoms with Crippen LogP contribution in [0.15, 0.2) is 46.2 Å².